The quantitative estimate of drug-likeness (QED) is 0.558. The molecule has 2 heterocycles. The fraction of sp³-hybridized carbons (Fsp3) is 0.143. The minimum absolute atomic E-state index is 0.220. The van der Waals surface area contributed by atoms with Crippen LogP contribution in [0.25, 0.3) is 27.6 Å². The zero-order valence-electron chi connectivity index (χ0n) is 14.9. The molecular formula is C21H13ClN4O3. The molecule has 7 nitrogen and oxygen atoms in total. The van der Waals surface area contributed by atoms with Gasteiger partial charge in [-0.05, 0) is 42.1 Å². The van der Waals surface area contributed by atoms with Gasteiger partial charge in [0, 0.05) is 11.6 Å². The summed E-state index contributed by atoms with van der Waals surface area (Å²) in [5, 5.41) is 13.5. The number of rotatable bonds is 3. The number of benzene rings is 2. The van der Waals surface area contributed by atoms with E-state index in [9.17, 15) is 9.59 Å². The Morgan fingerprint density at radius 1 is 1.31 bits per heavy atom. The molecule has 0 saturated heterocycles. The van der Waals surface area contributed by atoms with Crippen molar-refractivity contribution < 1.29 is 9.21 Å². The first-order chi connectivity index (χ1) is 14.0. The van der Waals surface area contributed by atoms with Crippen LogP contribution in [0.2, 0.25) is 5.02 Å². The summed E-state index contributed by atoms with van der Waals surface area (Å²) in [7, 11) is 0. The Hall–Kier alpha value is -3.63. The number of halogens is 1. The van der Waals surface area contributed by atoms with E-state index in [4.69, 9.17) is 21.3 Å². The van der Waals surface area contributed by atoms with Crippen LogP contribution in [-0.4, -0.2) is 15.5 Å². The van der Waals surface area contributed by atoms with E-state index in [-0.39, 0.29) is 17.7 Å². The molecule has 8 heteroatoms. The minimum Gasteiger partial charge on any atom is -0.407 e. The number of nitrogens with zero attached hydrogens (tertiary/aromatic N) is 3. The Balaban J connectivity index is 1.58. The van der Waals surface area contributed by atoms with Gasteiger partial charge < -0.3 is 9.73 Å². The maximum Gasteiger partial charge on any atom is 0.424 e. The highest BCUT2D eigenvalue weighted by molar-refractivity contribution is 6.35. The second-order valence-corrected chi connectivity index (χ2v) is 7.36. The van der Waals surface area contributed by atoms with Crippen molar-refractivity contribution in [2.45, 2.75) is 6.42 Å². The summed E-state index contributed by atoms with van der Waals surface area (Å²) in [6.07, 6.45) is 2.14. The van der Waals surface area contributed by atoms with Crippen molar-refractivity contribution in [3.05, 3.63) is 64.2 Å². The summed E-state index contributed by atoms with van der Waals surface area (Å²) in [5.74, 6) is -0.882. The number of pyridine rings is 1. The normalized spacial score (nSPS) is 17.9. The molecular weight excluding hydrogens is 392 g/mol. The van der Waals surface area contributed by atoms with E-state index < -0.39 is 5.76 Å². The van der Waals surface area contributed by atoms with Crippen LogP contribution in [0, 0.1) is 23.2 Å². The molecule has 0 aliphatic heterocycles. The van der Waals surface area contributed by atoms with Crippen LogP contribution in [-0.2, 0) is 4.79 Å². The first-order valence-electron chi connectivity index (χ1n) is 8.96. The zero-order chi connectivity index (χ0) is 20.1. The monoisotopic (exact) mass is 404 g/mol. The van der Waals surface area contributed by atoms with Crippen molar-refractivity contribution in [3.63, 3.8) is 0 Å². The SMILES string of the molecule is N#C[C@@H]1C[C@H]1C(=O)Nc1cc2cc(-n3c(=O)oc4ccccc43)cc(Cl)c2cn1. The van der Waals surface area contributed by atoms with E-state index >= 15 is 0 Å². The van der Waals surface area contributed by atoms with Crippen LogP contribution in [0.15, 0.2) is 57.9 Å². The van der Waals surface area contributed by atoms with Gasteiger partial charge in [0.1, 0.15) is 5.82 Å². The molecule has 1 amide bonds. The molecule has 1 saturated carbocycles. The maximum atomic E-state index is 12.4. The summed E-state index contributed by atoms with van der Waals surface area (Å²) < 4.78 is 6.75. The zero-order valence-corrected chi connectivity index (χ0v) is 15.7. The van der Waals surface area contributed by atoms with Crippen LogP contribution in [0.3, 0.4) is 0 Å². The van der Waals surface area contributed by atoms with Crippen molar-refractivity contribution in [1.82, 2.24) is 9.55 Å². The molecule has 1 fully saturated rings. The lowest BCUT2D eigenvalue weighted by Crippen LogP contribution is -2.15. The van der Waals surface area contributed by atoms with E-state index in [2.05, 4.69) is 16.4 Å². The van der Waals surface area contributed by atoms with Crippen molar-refractivity contribution in [3.8, 4) is 11.8 Å². The number of anilines is 1. The summed E-state index contributed by atoms with van der Waals surface area (Å²) in [6, 6.07) is 14.4. The molecule has 2 aromatic carbocycles. The van der Waals surface area contributed by atoms with Crippen molar-refractivity contribution in [1.29, 1.82) is 5.26 Å². The third-order valence-electron chi connectivity index (χ3n) is 5.06. The van der Waals surface area contributed by atoms with Gasteiger partial charge in [-0.25, -0.2) is 14.3 Å². The number of amides is 1. The number of carbonyl (C=O) groups excluding carboxylic acids is 1. The summed E-state index contributed by atoms with van der Waals surface area (Å²) >= 11 is 6.43. The summed E-state index contributed by atoms with van der Waals surface area (Å²) in [5.41, 5.74) is 1.66. The van der Waals surface area contributed by atoms with E-state index in [1.54, 1.807) is 42.6 Å². The molecule has 142 valence electrons. The lowest BCUT2D eigenvalue weighted by Gasteiger charge is -2.09. The van der Waals surface area contributed by atoms with Crippen LogP contribution in [0.4, 0.5) is 5.82 Å². The van der Waals surface area contributed by atoms with Crippen LogP contribution in [0.5, 0.6) is 0 Å². The van der Waals surface area contributed by atoms with E-state index in [1.165, 1.54) is 4.57 Å². The topological polar surface area (TPSA) is 101 Å². The summed E-state index contributed by atoms with van der Waals surface area (Å²) in [4.78, 5) is 28.8. The molecule has 2 aromatic heterocycles. The van der Waals surface area contributed by atoms with Gasteiger partial charge in [0.25, 0.3) is 0 Å². The fourth-order valence-electron chi connectivity index (χ4n) is 3.45. The smallest absolute Gasteiger partial charge is 0.407 e. The van der Waals surface area contributed by atoms with Crippen molar-refractivity contribution >= 4 is 45.2 Å². The molecule has 1 aliphatic rings. The van der Waals surface area contributed by atoms with E-state index in [0.29, 0.717) is 44.8 Å². The molecule has 29 heavy (non-hydrogen) atoms. The fourth-order valence-corrected chi connectivity index (χ4v) is 3.72. The van der Waals surface area contributed by atoms with Crippen LogP contribution >= 0.6 is 11.6 Å². The molecule has 2 atom stereocenters. The molecule has 0 unspecified atom stereocenters. The van der Waals surface area contributed by atoms with Gasteiger partial charge in [0.15, 0.2) is 5.58 Å². The number of carbonyl (C=O) groups is 1. The lowest BCUT2D eigenvalue weighted by atomic mass is 10.1. The van der Waals surface area contributed by atoms with Crippen LogP contribution in [0.1, 0.15) is 6.42 Å². The largest absolute Gasteiger partial charge is 0.424 e. The molecule has 1 N–H and O–H groups in total. The number of fused-ring (bicyclic) bond motifs is 2. The Labute approximate surface area is 169 Å². The van der Waals surface area contributed by atoms with E-state index in [0.717, 1.165) is 0 Å². The summed E-state index contributed by atoms with van der Waals surface area (Å²) in [6.45, 7) is 0. The third-order valence-corrected chi connectivity index (χ3v) is 5.37. The second kappa shape index (κ2) is 6.47. The Morgan fingerprint density at radius 2 is 2.14 bits per heavy atom. The number of nitrogens with one attached hydrogen (secondary N) is 1. The molecule has 0 radical (unpaired) electrons. The van der Waals surface area contributed by atoms with Crippen molar-refractivity contribution in [2.75, 3.05) is 5.32 Å². The predicted octanol–water partition coefficient (Wildman–Crippen LogP) is 3.88. The molecule has 1 aliphatic carbocycles. The number of oxazole rings is 1. The number of hydrogen-bond acceptors (Lipinski definition) is 5. The Bertz CT molecular complexity index is 1400. The van der Waals surface area contributed by atoms with Crippen LogP contribution < -0.4 is 11.1 Å². The van der Waals surface area contributed by atoms with Gasteiger partial charge in [-0.3, -0.25) is 4.79 Å². The molecule has 5 rings (SSSR count). The Morgan fingerprint density at radius 3 is 2.93 bits per heavy atom. The number of para-hydroxylation sites is 2. The van der Waals surface area contributed by atoms with Gasteiger partial charge in [0.2, 0.25) is 5.91 Å². The number of aromatic nitrogens is 2. The lowest BCUT2D eigenvalue weighted by molar-refractivity contribution is -0.117. The average molecular weight is 405 g/mol. The second-order valence-electron chi connectivity index (χ2n) is 6.96. The minimum atomic E-state index is -0.513. The van der Waals surface area contributed by atoms with Gasteiger partial charge in [-0.1, -0.05) is 23.7 Å². The maximum absolute atomic E-state index is 12.4. The predicted molar refractivity (Wildman–Crippen MR) is 108 cm³/mol. The highest BCUT2D eigenvalue weighted by atomic mass is 35.5. The number of nitriles is 1. The average Bonchev–Trinajstić information content (AvgIpc) is 3.42. The first-order valence-corrected chi connectivity index (χ1v) is 9.33. The highest BCUT2D eigenvalue weighted by Crippen LogP contribution is 2.38. The highest BCUT2D eigenvalue weighted by Gasteiger charge is 2.43. The van der Waals surface area contributed by atoms with E-state index in [1.807, 2.05) is 6.07 Å². The molecule has 4 aromatic rings. The molecule has 0 spiro atoms. The van der Waals surface area contributed by atoms with Gasteiger partial charge >= 0.3 is 5.76 Å². The van der Waals surface area contributed by atoms with Gasteiger partial charge in [-0.15, -0.1) is 0 Å². The Kier molecular flexibility index (Phi) is 3.89. The standard InChI is InChI=1S/C21H13ClN4O3/c22-16-8-13(26-17-3-1-2-4-18(17)29-21(26)28)5-11-7-19(24-10-15(11)16)25-20(27)14-6-12(14)9-23/h1-5,7-8,10,12,14H,6H2,(H,24,25,27)/t12-,14+/m0/s1. The van der Waals surface area contributed by atoms with Gasteiger partial charge in [0.05, 0.1) is 34.1 Å². The van der Waals surface area contributed by atoms with Gasteiger partial charge in [-0.2, -0.15) is 5.26 Å². The van der Waals surface area contributed by atoms with Crippen molar-refractivity contribution in [2.24, 2.45) is 11.8 Å². The number of hydrogen-bond donors (Lipinski definition) is 1. The first kappa shape index (κ1) is 17.5. The third kappa shape index (κ3) is 2.94. The molecule has 0 bridgehead atoms.